The van der Waals surface area contributed by atoms with Gasteiger partial charge in [-0.15, -0.1) is 0 Å². The largest absolute Gasteiger partial charge is 0.494 e. The van der Waals surface area contributed by atoms with E-state index in [1.54, 1.807) is 6.07 Å². The molecule has 0 fully saturated rings. The number of imidazole rings is 1. The zero-order chi connectivity index (χ0) is 20.0. The maximum absolute atomic E-state index is 11.1. The number of halogens is 2. The lowest BCUT2D eigenvalue weighted by Crippen LogP contribution is -2.06. The lowest BCUT2D eigenvalue weighted by molar-refractivity contribution is -0.132. The molecular formula is C20H24Cl2N2O3. The molecule has 0 saturated carbocycles. The molecule has 0 saturated heterocycles. The quantitative estimate of drug-likeness (QED) is 0.431. The molecule has 1 aromatic carbocycles. The summed E-state index contributed by atoms with van der Waals surface area (Å²) in [6, 6.07) is 5.59. The molecule has 1 heterocycles. The summed E-state index contributed by atoms with van der Waals surface area (Å²) in [5, 5.41) is 9.97. The van der Waals surface area contributed by atoms with Crippen LogP contribution in [0.5, 0.6) is 5.75 Å². The predicted molar refractivity (Wildman–Crippen MR) is 109 cm³/mol. The molecule has 146 valence electrons. The number of ether oxygens (including phenoxy) is 1. The first kappa shape index (κ1) is 21.3. The maximum atomic E-state index is 11.1. The monoisotopic (exact) mass is 410 g/mol. The smallest absolute Gasteiger partial charge is 0.331 e. The number of aromatic nitrogens is 2. The Labute approximate surface area is 169 Å². The molecule has 0 unspecified atom stereocenters. The normalized spacial score (nSPS) is 11.7. The number of nitrogens with zero attached hydrogens (tertiary/aromatic N) is 2. The Balaban J connectivity index is 2.22. The van der Waals surface area contributed by atoms with E-state index in [0.29, 0.717) is 29.7 Å². The highest BCUT2D eigenvalue weighted by Crippen LogP contribution is 2.27. The van der Waals surface area contributed by atoms with Crippen molar-refractivity contribution in [2.24, 2.45) is 0 Å². The van der Waals surface area contributed by atoms with Crippen molar-refractivity contribution >= 4 is 35.2 Å². The van der Waals surface area contributed by atoms with E-state index in [2.05, 4.69) is 11.9 Å². The second-order valence-electron chi connectivity index (χ2n) is 6.36. The highest BCUT2D eigenvalue weighted by molar-refractivity contribution is 6.31. The van der Waals surface area contributed by atoms with Crippen molar-refractivity contribution in [3.8, 4) is 5.75 Å². The van der Waals surface area contributed by atoms with Crippen molar-refractivity contribution in [2.75, 3.05) is 6.61 Å². The fraction of sp³-hybridized carbons (Fsp3) is 0.400. The topological polar surface area (TPSA) is 64.4 Å². The number of carbonyl (C=O) groups is 1. The van der Waals surface area contributed by atoms with E-state index < -0.39 is 5.97 Å². The molecule has 0 amide bonds. The highest BCUT2D eigenvalue weighted by atomic mass is 35.5. The van der Waals surface area contributed by atoms with E-state index in [1.807, 2.05) is 23.6 Å². The molecule has 0 aliphatic heterocycles. The standard InChI is InChI=1S/C20H24Cl2N2O3/c1-4-5-6-9-27-16-8-7-15(17(21)11-16)12-24-14(3)23-19(22)18(24)10-13(2)20(25)26/h7-8,10-11H,4-6,9,12H2,1-3H3,(H,25,26). The summed E-state index contributed by atoms with van der Waals surface area (Å²) in [4.78, 5) is 15.4. The van der Waals surface area contributed by atoms with Crippen LogP contribution in [0.3, 0.4) is 0 Å². The first-order chi connectivity index (χ1) is 12.8. The van der Waals surface area contributed by atoms with Gasteiger partial charge in [0.15, 0.2) is 5.15 Å². The van der Waals surface area contributed by atoms with Crippen molar-refractivity contribution in [1.82, 2.24) is 9.55 Å². The van der Waals surface area contributed by atoms with Crippen molar-refractivity contribution in [1.29, 1.82) is 0 Å². The third-order valence-corrected chi connectivity index (χ3v) is 4.84. The number of carboxylic acid groups (broad SMARTS) is 1. The minimum absolute atomic E-state index is 0.181. The summed E-state index contributed by atoms with van der Waals surface area (Å²) in [6.07, 6.45) is 4.82. The minimum Gasteiger partial charge on any atom is -0.494 e. The molecule has 0 radical (unpaired) electrons. The number of aliphatic carboxylic acids is 1. The molecule has 1 N–H and O–H groups in total. The van der Waals surface area contributed by atoms with E-state index in [4.69, 9.17) is 33.0 Å². The molecule has 0 bridgehead atoms. The van der Waals surface area contributed by atoms with Crippen LogP contribution in [0, 0.1) is 6.92 Å². The number of rotatable bonds is 9. The van der Waals surface area contributed by atoms with Crippen molar-refractivity contribution in [3.05, 3.63) is 51.0 Å². The van der Waals surface area contributed by atoms with Gasteiger partial charge in [-0.05, 0) is 44.0 Å². The predicted octanol–water partition coefficient (Wildman–Crippen LogP) is 5.60. The number of aryl methyl sites for hydroxylation is 1. The van der Waals surface area contributed by atoms with Crippen molar-refractivity contribution in [2.45, 2.75) is 46.6 Å². The van der Waals surface area contributed by atoms with Crippen LogP contribution in [0.25, 0.3) is 6.08 Å². The summed E-state index contributed by atoms with van der Waals surface area (Å²) in [5.74, 6) is 0.418. The summed E-state index contributed by atoms with van der Waals surface area (Å²) in [5.41, 5.74) is 1.60. The van der Waals surface area contributed by atoms with Crippen molar-refractivity contribution in [3.63, 3.8) is 0 Å². The van der Waals surface area contributed by atoms with Gasteiger partial charge in [-0.1, -0.05) is 49.0 Å². The molecule has 0 spiro atoms. The molecule has 2 aromatic rings. The molecule has 2 rings (SSSR count). The Morgan fingerprint density at radius 3 is 2.70 bits per heavy atom. The van der Waals surface area contributed by atoms with E-state index in [-0.39, 0.29) is 10.7 Å². The second kappa shape index (κ2) is 9.81. The van der Waals surface area contributed by atoms with Gasteiger partial charge in [-0.3, -0.25) is 0 Å². The van der Waals surface area contributed by atoms with Gasteiger partial charge in [0, 0.05) is 10.6 Å². The second-order valence-corrected chi connectivity index (χ2v) is 7.13. The Morgan fingerprint density at radius 2 is 2.07 bits per heavy atom. The number of benzene rings is 1. The van der Waals surface area contributed by atoms with Gasteiger partial charge in [-0.25, -0.2) is 9.78 Å². The van der Waals surface area contributed by atoms with Crippen LogP contribution >= 0.6 is 23.2 Å². The Morgan fingerprint density at radius 1 is 1.33 bits per heavy atom. The lowest BCUT2D eigenvalue weighted by Gasteiger charge is -2.12. The third kappa shape index (κ3) is 5.75. The fourth-order valence-electron chi connectivity index (χ4n) is 2.61. The fourth-order valence-corrected chi connectivity index (χ4v) is 3.12. The van der Waals surface area contributed by atoms with Gasteiger partial charge in [0.1, 0.15) is 11.6 Å². The summed E-state index contributed by atoms with van der Waals surface area (Å²) < 4.78 is 7.57. The van der Waals surface area contributed by atoms with E-state index in [9.17, 15) is 4.79 Å². The van der Waals surface area contributed by atoms with E-state index in [0.717, 1.165) is 30.6 Å². The highest BCUT2D eigenvalue weighted by Gasteiger charge is 2.15. The number of hydrogen-bond acceptors (Lipinski definition) is 3. The van der Waals surface area contributed by atoms with Crippen LogP contribution in [-0.4, -0.2) is 27.2 Å². The molecule has 27 heavy (non-hydrogen) atoms. The van der Waals surface area contributed by atoms with Crippen molar-refractivity contribution < 1.29 is 14.6 Å². The molecule has 0 aliphatic rings. The van der Waals surface area contributed by atoms with Crippen LogP contribution < -0.4 is 4.74 Å². The SMILES string of the molecule is CCCCCOc1ccc(Cn2c(C)nc(Cl)c2C=C(C)C(=O)O)c(Cl)c1. The third-order valence-electron chi connectivity index (χ3n) is 4.21. The molecular weight excluding hydrogens is 387 g/mol. The van der Waals surface area contributed by atoms with Gasteiger partial charge in [-0.2, -0.15) is 0 Å². The zero-order valence-corrected chi connectivity index (χ0v) is 17.3. The van der Waals surface area contributed by atoms with Crippen LogP contribution in [0.1, 0.15) is 50.2 Å². The average molecular weight is 411 g/mol. The Kier molecular flexibility index (Phi) is 7.75. The van der Waals surface area contributed by atoms with Crippen LogP contribution in [-0.2, 0) is 11.3 Å². The molecule has 0 aliphatic carbocycles. The molecule has 7 heteroatoms. The lowest BCUT2D eigenvalue weighted by atomic mass is 10.2. The Bertz CT molecular complexity index is 844. The Hall–Kier alpha value is -1.98. The van der Waals surface area contributed by atoms with Crippen LogP contribution in [0.4, 0.5) is 0 Å². The molecule has 1 aromatic heterocycles. The first-order valence-corrected chi connectivity index (χ1v) is 9.64. The molecule has 0 atom stereocenters. The van der Waals surface area contributed by atoms with Crippen LogP contribution in [0.15, 0.2) is 23.8 Å². The van der Waals surface area contributed by atoms with E-state index >= 15 is 0 Å². The summed E-state index contributed by atoms with van der Waals surface area (Å²) >= 11 is 12.6. The average Bonchev–Trinajstić information content (AvgIpc) is 2.87. The van der Waals surface area contributed by atoms with Gasteiger partial charge in [0.05, 0.1) is 18.8 Å². The summed E-state index contributed by atoms with van der Waals surface area (Å²) in [6.45, 7) is 6.58. The number of carboxylic acids is 1. The number of unbranched alkanes of at least 4 members (excludes halogenated alkanes) is 2. The van der Waals surface area contributed by atoms with Gasteiger partial charge in [0.25, 0.3) is 0 Å². The minimum atomic E-state index is -1.00. The number of hydrogen-bond donors (Lipinski definition) is 1. The zero-order valence-electron chi connectivity index (χ0n) is 15.8. The van der Waals surface area contributed by atoms with Crippen LogP contribution in [0.2, 0.25) is 10.2 Å². The van der Waals surface area contributed by atoms with Gasteiger partial charge < -0.3 is 14.4 Å². The molecule has 5 nitrogen and oxygen atoms in total. The van der Waals surface area contributed by atoms with Gasteiger partial charge in [0.2, 0.25) is 0 Å². The summed E-state index contributed by atoms with van der Waals surface area (Å²) in [7, 11) is 0. The first-order valence-electron chi connectivity index (χ1n) is 8.89. The maximum Gasteiger partial charge on any atom is 0.331 e. The van der Waals surface area contributed by atoms with Gasteiger partial charge >= 0.3 is 5.97 Å². The van der Waals surface area contributed by atoms with E-state index in [1.165, 1.54) is 13.0 Å².